The van der Waals surface area contributed by atoms with Gasteiger partial charge in [-0.15, -0.1) is 0 Å². The van der Waals surface area contributed by atoms with Crippen molar-refractivity contribution in [3.05, 3.63) is 198 Å². The lowest BCUT2D eigenvalue weighted by Crippen LogP contribution is -2.12. The van der Waals surface area contributed by atoms with Gasteiger partial charge in [-0.25, -0.2) is 33.8 Å². The van der Waals surface area contributed by atoms with E-state index in [1.54, 1.807) is 18.2 Å². The number of carbonyl (C=O) groups excluding carboxylic acids is 6. The summed E-state index contributed by atoms with van der Waals surface area (Å²) < 4.78 is 43.4. The maximum absolute atomic E-state index is 13.4. The van der Waals surface area contributed by atoms with Crippen molar-refractivity contribution in [1.82, 2.24) is 4.98 Å². The summed E-state index contributed by atoms with van der Waals surface area (Å²) in [5.41, 5.74) is 5.74. The van der Waals surface area contributed by atoms with E-state index in [9.17, 15) is 28.8 Å². The number of aromatic nitrogens is 1. The van der Waals surface area contributed by atoms with Crippen LogP contribution in [0.4, 0.5) is 5.13 Å². The number of esters is 6. The Kier molecular flexibility index (Phi) is 16.5. The Balaban J connectivity index is 0.939. The van der Waals surface area contributed by atoms with Crippen LogP contribution in [-0.4, -0.2) is 67.2 Å². The minimum atomic E-state index is -0.699. The Hall–Kier alpha value is -9.42. The molecule has 0 amide bonds. The molecule has 0 aliphatic heterocycles. The minimum Gasteiger partial charge on any atom is -0.462 e. The molecule has 7 aromatic rings. The third kappa shape index (κ3) is 13.8. The van der Waals surface area contributed by atoms with Crippen LogP contribution in [0.3, 0.4) is 0 Å². The van der Waals surface area contributed by atoms with E-state index in [2.05, 4.69) is 28.7 Å². The van der Waals surface area contributed by atoms with Crippen LogP contribution >= 0.6 is 11.3 Å². The number of nitrogens with zero attached hydrogens (tertiary/aromatic N) is 2. The highest BCUT2D eigenvalue weighted by Gasteiger charge is 2.16. The Morgan fingerprint density at radius 1 is 0.557 bits per heavy atom. The molecule has 0 bridgehead atoms. The van der Waals surface area contributed by atoms with E-state index in [1.165, 1.54) is 115 Å². The molecule has 6 aromatic carbocycles. The van der Waals surface area contributed by atoms with Crippen molar-refractivity contribution < 1.29 is 66.7 Å². The normalized spacial score (nSPS) is 10.6. The van der Waals surface area contributed by atoms with Crippen molar-refractivity contribution in [1.29, 1.82) is 0 Å². The summed E-state index contributed by atoms with van der Waals surface area (Å²) in [4.78, 5) is 78.7. The van der Waals surface area contributed by atoms with Crippen LogP contribution in [-0.2, 0) is 30.2 Å². The number of fused-ring (bicyclic) bond motifs is 1. The number of carbonyl (C=O) groups is 6. The lowest BCUT2D eigenvalue weighted by atomic mass is 10.1. The molecule has 0 fully saturated rings. The van der Waals surface area contributed by atoms with E-state index < -0.39 is 35.8 Å². The second-order valence-corrected chi connectivity index (χ2v) is 15.3. The molecule has 352 valence electrons. The molecule has 1 heterocycles. The summed E-state index contributed by atoms with van der Waals surface area (Å²) in [6, 6.07) is 36.3. The van der Waals surface area contributed by atoms with Crippen molar-refractivity contribution >= 4 is 68.7 Å². The quantitative estimate of drug-likeness (QED) is 0.0135. The summed E-state index contributed by atoms with van der Waals surface area (Å²) in [7, 11) is 0. The van der Waals surface area contributed by atoms with Gasteiger partial charge in [-0.2, -0.15) is 5.10 Å². The third-order valence-corrected chi connectivity index (χ3v) is 10.5. The van der Waals surface area contributed by atoms with E-state index in [-0.39, 0.29) is 66.1 Å². The predicted octanol–water partition coefficient (Wildman–Crippen LogP) is 8.93. The molecule has 0 atom stereocenters. The van der Waals surface area contributed by atoms with Crippen LogP contribution < -0.4 is 29.1 Å². The Bertz CT molecular complexity index is 3030. The molecule has 0 spiro atoms. The number of anilines is 1. The molecule has 0 aliphatic carbocycles. The van der Waals surface area contributed by atoms with E-state index in [4.69, 9.17) is 37.9 Å². The van der Waals surface area contributed by atoms with Gasteiger partial charge in [0.05, 0.1) is 45.3 Å². The van der Waals surface area contributed by atoms with Crippen molar-refractivity contribution in [3.63, 3.8) is 0 Å². The van der Waals surface area contributed by atoms with Crippen LogP contribution in [0.25, 0.3) is 10.2 Å². The molecule has 1 aromatic heterocycles. The third-order valence-electron chi connectivity index (χ3n) is 9.53. The van der Waals surface area contributed by atoms with Gasteiger partial charge in [0.25, 0.3) is 0 Å². The molecule has 0 radical (unpaired) electrons. The second-order valence-electron chi connectivity index (χ2n) is 14.2. The molecule has 7 rings (SSSR count). The van der Waals surface area contributed by atoms with Gasteiger partial charge in [-0.1, -0.05) is 42.7 Å². The number of hydrogen-bond acceptors (Lipinski definition) is 18. The highest BCUT2D eigenvalue weighted by molar-refractivity contribution is 7.22. The summed E-state index contributed by atoms with van der Waals surface area (Å²) in [5.74, 6) is -2.60. The number of ether oxygens (including phenoxy) is 8. The van der Waals surface area contributed by atoms with Crippen molar-refractivity contribution in [2.45, 2.75) is 6.42 Å². The fraction of sp³-hybridized carbons (Fsp3) is 0.0769. The summed E-state index contributed by atoms with van der Waals surface area (Å²) in [6.07, 6.45) is 3.79. The summed E-state index contributed by atoms with van der Waals surface area (Å²) in [6.45, 7) is 5.96. The molecule has 0 saturated carbocycles. The fourth-order valence-corrected chi connectivity index (χ4v) is 6.80. The molecule has 0 saturated heterocycles. The summed E-state index contributed by atoms with van der Waals surface area (Å²) in [5, 5.41) is 4.90. The Labute approximate surface area is 403 Å². The topological polar surface area (TPSA) is 214 Å². The van der Waals surface area contributed by atoms with Crippen LogP contribution in [0, 0.1) is 0 Å². The molecular formula is C52H39N3O14S. The van der Waals surface area contributed by atoms with Gasteiger partial charge in [-0.3, -0.25) is 5.43 Å². The smallest absolute Gasteiger partial charge is 0.343 e. The SMILES string of the molecule is C=CC(=O)OCOc1ccc(C(=O)Oc2ccc(C(=O)OCCc3ccc(OC(=O)c4ccc(OC(=O)c5ccc(OCOC(=O)C=C)cc5)cc4)c(/C=N/Nc4nc5ccccc5s4)c3)cc2)cc1. The Morgan fingerprint density at radius 2 is 1.04 bits per heavy atom. The van der Waals surface area contributed by atoms with Crippen molar-refractivity contribution in [2.24, 2.45) is 5.10 Å². The summed E-state index contributed by atoms with van der Waals surface area (Å²) >= 11 is 1.41. The first-order valence-electron chi connectivity index (χ1n) is 20.9. The number of thiazole rings is 1. The lowest BCUT2D eigenvalue weighted by molar-refractivity contribution is -0.145. The van der Waals surface area contributed by atoms with Crippen LogP contribution in [0.2, 0.25) is 0 Å². The fourth-order valence-electron chi connectivity index (χ4n) is 5.98. The first-order valence-corrected chi connectivity index (χ1v) is 21.7. The van der Waals surface area contributed by atoms with Gasteiger partial charge in [-0.05, 0) is 127 Å². The zero-order chi connectivity index (χ0) is 49.2. The molecule has 1 N–H and O–H groups in total. The molecule has 0 unspecified atom stereocenters. The van der Waals surface area contributed by atoms with Crippen LogP contribution in [0.1, 0.15) is 52.6 Å². The average molecular weight is 962 g/mol. The van der Waals surface area contributed by atoms with Crippen molar-refractivity contribution in [3.8, 4) is 28.7 Å². The highest BCUT2D eigenvalue weighted by Crippen LogP contribution is 2.27. The molecule has 0 aliphatic rings. The monoisotopic (exact) mass is 961 g/mol. The number of rotatable bonds is 21. The largest absolute Gasteiger partial charge is 0.462 e. The first-order chi connectivity index (χ1) is 34.0. The molecule has 18 heteroatoms. The number of para-hydroxylation sites is 1. The maximum atomic E-state index is 13.4. The minimum absolute atomic E-state index is 0.00267. The van der Waals surface area contributed by atoms with Crippen LogP contribution in [0.15, 0.2) is 170 Å². The number of nitrogens with one attached hydrogen (secondary N) is 1. The number of hydrogen-bond donors (Lipinski definition) is 1. The Morgan fingerprint density at radius 3 is 1.56 bits per heavy atom. The lowest BCUT2D eigenvalue weighted by Gasteiger charge is -2.11. The van der Waals surface area contributed by atoms with Gasteiger partial charge >= 0.3 is 35.8 Å². The first kappa shape index (κ1) is 48.5. The van der Waals surface area contributed by atoms with Gasteiger partial charge in [0.1, 0.15) is 28.7 Å². The van der Waals surface area contributed by atoms with Gasteiger partial charge < -0.3 is 37.9 Å². The zero-order valence-corrected chi connectivity index (χ0v) is 37.6. The number of benzene rings is 6. The number of hydrazone groups is 1. The van der Waals surface area contributed by atoms with Crippen LogP contribution in [0.5, 0.6) is 28.7 Å². The van der Waals surface area contributed by atoms with E-state index >= 15 is 0 Å². The predicted molar refractivity (Wildman–Crippen MR) is 255 cm³/mol. The molecule has 70 heavy (non-hydrogen) atoms. The highest BCUT2D eigenvalue weighted by atomic mass is 32.1. The van der Waals surface area contributed by atoms with Gasteiger partial charge in [0.15, 0.2) is 0 Å². The maximum Gasteiger partial charge on any atom is 0.343 e. The van der Waals surface area contributed by atoms with E-state index in [0.717, 1.165) is 27.9 Å². The van der Waals surface area contributed by atoms with Gasteiger partial charge in [0, 0.05) is 24.1 Å². The van der Waals surface area contributed by atoms with E-state index in [0.29, 0.717) is 22.2 Å². The molecular weight excluding hydrogens is 923 g/mol. The average Bonchev–Trinajstić information content (AvgIpc) is 3.80. The zero-order valence-electron chi connectivity index (χ0n) is 36.8. The van der Waals surface area contributed by atoms with E-state index in [1.807, 2.05) is 24.3 Å². The second kappa shape index (κ2) is 23.9. The van der Waals surface area contributed by atoms with Crippen molar-refractivity contribution in [2.75, 3.05) is 25.6 Å². The molecule has 17 nitrogen and oxygen atoms in total. The van der Waals surface area contributed by atoms with Gasteiger partial charge in [0.2, 0.25) is 18.7 Å². The standard InChI is InChI=1S/C52H39N3O14S/c1-3-46(56)65-31-63-39-18-10-35(11-19-39)49(59)67-41-22-14-34(15-23-41)48(58)62-28-27-33-9-26-44(38(29-33)30-53-55-52-54-43-7-5-6-8-45(43)70-52)69-51(61)37-16-24-42(25-17-37)68-50(60)36-12-20-40(21-13-36)64-32-66-47(57)4-2/h3-26,29-30H,1-2,27-28,31-32H2,(H,54,55)/b53-30+.